The number of piperazine rings is 1. The van der Waals surface area contributed by atoms with Crippen molar-refractivity contribution in [1.82, 2.24) is 14.9 Å². The van der Waals surface area contributed by atoms with Gasteiger partial charge in [-0.1, -0.05) is 24.6 Å². The third-order valence-electron chi connectivity index (χ3n) is 6.26. The Hall–Kier alpha value is -2.67. The number of aromatic nitrogens is 2. The van der Waals surface area contributed by atoms with E-state index < -0.39 is 0 Å². The average molecular weight is 424 g/mol. The summed E-state index contributed by atoms with van der Waals surface area (Å²) in [6.45, 7) is 7.66. The van der Waals surface area contributed by atoms with Crippen LogP contribution >= 0.6 is 0 Å². The minimum absolute atomic E-state index is 0.0340. The van der Waals surface area contributed by atoms with Crippen LogP contribution in [0.1, 0.15) is 43.2 Å². The molecule has 2 aliphatic rings. The maximum Gasteiger partial charge on any atom is 0.257 e. The van der Waals surface area contributed by atoms with Gasteiger partial charge in [0.15, 0.2) is 5.82 Å². The van der Waals surface area contributed by atoms with Crippen LogP contribution in [0.4, 0.5) is 11.5 Å². The normalized spacial score (nSPS) is 18.1. The number of nitrogens with one attached hydrogen (secondary N) is 1. The molecular weight excluding hydrogens is 390 g/mol. The Kier molecular flexibility index (Phi) is 7.02. The first-order valence-electron chi connectivity index (χ1n) is 11.4. The van der Waals surface area contributed by atoms with E-state index in [2.05, 4.69) is 25.1 Å². The van der Waals surface area contributed by atoms with Crippen molar-refractivity contribution in [2.45, 2.75) is 52.1 Å². The summed E-state index contributed by atoms with van der Waals surface area (Å²) in [7, 11) is 0. The molecule has 0 atom stereocenters. The summed E-state index contributed by atoms with van der Waals surface area (Å²) in [6, 6.07) is 6.06. The van der Waals surface area contributed by atoms with Gasteiger partial charge < -0.3 is 15.0 Å². The van der Waals surface area contributed by atoms with Gasteiger partial charge in [0, 0.05) is 44.3 Å². The summed E-state index contributed by atoms with van der Waals surface area (Å²) in [6.07, 6.45) is 9.62. The molecule has 0 unspecified atom stereocenters. The zero-order chi connectivity index (χ0) is 21.6. The average Bonchev–Trinajstić information content (AvgIpc) is 2.78. The fourth-order valence-electron chi connectivity index (χ4n) is 4.47. The van der Waals surface area contributed by atoms with Crippen molar-refractivity contribution in [1.29, 1.82) is 0 Å². The molecule has 2 fully saturated rings. The van der Waals surface area contributed by atoms with Crippen LogP contribution in [0.25, 0.3) is 0 Å². The van der Waals surface area contributed by atoms with Crippen LogP contribution in [-0.2, 0) is 4.79 Å². The Morgan fingerprint density at radius 3 is 2.42 bits per heavy atom. The van der Waals surface area contributed by atoms with Crippen molar-refractivity contribution in [2.24, 2.45) is 0 Å². The zero-order valence-electron chi connectivity index (χ0n) is 18.6. The number of para-hydroxylation sites is 1. The van der Waals surface area contributed by atoms with E-state index in [1.807, 2.05) is 32.0 Å². The van der Waals surface area contributed by atoms with Gasteiger partial charge in [-0.05, 0) is 50.7 Å². The quantitative estimate of drug-likeness (QED) is 0.766. The molecule has 31 heavy (non-hydrogen) atoms. The van der Waals surface area contributed by atoms with Gasteiger partial charge >= 0.3 is 0 Å². The number of rotatable bonds is 6. The number of amides is 1. The molecule has 1 aromatic carbocycles. The topological polar surface area (TPSA) is 70.6 Å². The highest BCUT2D eigenvalue weighted by Crippen LogP contribution is 2.28. The Morgan fingerprint density at radius 2 is 1.71 bits per heavy atom. The highest BCUT2D eigenvalue weighted by atomic mass is 16.5. The maximum atomic E-state index is 12.6. The molecule has 1 amide bonds. The lowest BCUT2D eigenvalue weighted by molar-refractivity contribution is -0.117. The molecule has 4 rings (SSSR count). The second-order valence-corrected chi connectivity index (χ2v) is 8.64. The molecule has 1 saturated carbocycles. The molecule has 166 valence electrons. The number of carbonyl (C=O) groups is 1. The highest BCUT2D eigenvalue weighted by molar-refractivity contribution is 5.93. The van der Waals surface area contributed by atoms with Crippen LogP contribution in [0.5, 0.6) is 5.88 Å². The minimum Gasteiger partial charge on any atom is -0.472 e. The van der Waals surface area contributed by atoms with E-state index in [4.69, 9.17) is 4.74 Å². The van der Waals surface area contributed by atoms with Gasteiger partial charge in [0.1, 0.15) is 6.10 Å². The fourth-order valence-corrected chi connectivity index (χ4v) is 4.47. The number of hydrogen-bond donors (Lipinski definition) is 1. The number of hydrogen-bond acceptors (Lipinski definition) is 6. The maximum absolute atomic E-state index is 12.6. The first kappa shape index (κ1) is 21.6. The van der Waals surface area contributed by atoms with Crippen molar-refractivity contribution in [3.05, 3.63) is 41.7 Å². The first-order valence-corrected chi connectivity index (χ1v) is 11.4. The van der Waals surface area contributed by atoms with Gasteiger partial charge in [-0.15, -0.1) is 0 Å². The summed E-state index contributed by atoms with van der Waals surface area (Å²) >= 11 is 0. The Morgan fingerprint density at radius 1 is 1.03 bits per heavy atom. The molecule has 1 saturated heterocycles. The smallest absolute Gasteiger partial charge is 0.257 e. The largest absolute Gasteiger partial charge is 0.472 e. The van der Waals surface area contributed by atoms with Crippen LogP contribution in [0, 0.1) is 13.8 Å². The second-order valence-electron chi connectivity index (χ2n) is 8.64. The van der Waals surface area contributed by atoms with Gasteiger partial charge in [0.2, 0.25) is 5.91 Å². The Balaban J connectivity index is 1.31. The molecule has 1 N–H and O–H groups in total. The predicted molar refractivity (Wildman–Crippen MR) is 123 cm³/mol. The van der Waals surface area contributed by atoms with Gasteiger partial charge in [0.05, 0.1) is 6.54 Å². The molecule has 1 aliphatic carbocycles. The van der Waals surface area contributed by atoms with E-state index in [1.54, 1.807) is 12.4 Å². The molecule has 0 bridgehead atoms. The summed E-state index contributed by atoms with van der Waals surface area (Å²) in [5.41, 5.74) is 3.10. The summed E-state index contributed by atoms with van der Waals surface area (Å²) < 4.78 is 6.23. The summed E-state index contributed by atoms with van der Waals surface area (Å²) in [5.74, 6) is 1.51. The lowest BCUT2D eigenvalue weighted by atomic mass is 9.98. The number of anilines is 2. The Labute approximate surface area is 184 Å². The second kappa shape index (κ2) is 10.1. The van der Waals surface area contributed by atoms with Crippen LogP contribution in [0.3, 0.4) is 0 Å². The molecule has 0 radical (unpaired) electrons. The molecular formula is C24H33N5O2. The van der Waals surface area contributed by atoms with E-state index >= 15 is 0 Å². The number of benzene rings is 1. The van der Waals surface area contributed by atoms with Gasteiger partial charge in [-0.25, -0.2) is 9.97 Å². The molecule has 7 nitrogen and oxygen atoms in total. The molecule has 2 heterocycles. The van der Waals surface area contributed by atoms with Crippen LogP contribution in [0.2, 0.25) is 0 Å². The lowest BCUT2D eigenvalue weighted by Crippen LogP contribution is -2.49. The number of nitrogens with zero attached hydrogens (tertiary/aromatic N) is 4. The lowest BCUT2D eigenvalue weighted by Gasteiger charge is -2.35. The molecule has 0 spiro atoms. The van der Waals surface area contributed by atoms with E-state index in [0.29, 0.717) is 12.4 Å². The molecule has 1 aromatic heterocycles. The van der Waals surface area contributed by atoms with Gasteiger partial charge in [0.25, 0.3) is 5.88 Å². The molecule has 7 heteroatoms. The standard InChI is InChI=1S/C24H33N5O2/c1-18-7-6-8-19(2)22(18)27-21(30)17-28-13-15-29(16-14-28)23-24(26-12-11-25-23)31-20-9-4-3-5-10-20/h6-8,11-12,20H,3-5,9-10,13-17H2,1-2H3,(H,27,30). The van der Waals surface area contributed by atoms with Gasteiger partial charge in [-0.3, -0.25) is 9.69 Å². The monoisotopic (exact) mass is 423 g/mol. The molecule has 2 aromatic rings. The fraction of sp³-hybridized carbons (Fsp3) is 0.542. The zero-order valence-corrected chi connectivity index (χ0v) is 18.6. The number of carbonyl (C=O) groups excluding carboxylic acids is 1. The van der Waals surface area contributed by atoms with E-state index in [1.165, 1.54) is 19.3 Å². The van der Waals surface area contributed by atoms with Crippen LogP contribution < -0.4 is 15.0 Å². The minimum atomic E-state index is 0.0340. The Bertz CT molecular complexity index is 869. The third kappa shape index (κ3) is 5.53. The van der Waals surface area contributed by atoms with E-state index in [0.717, 1.165) is 61.7 Å². The predicted octanol–water partition coefficient (Wildman–Crippen LogP) is 3.57. The van der Waals surface area contributed by atoms with Crippen molar-refractivity contribution in [2.75, 3.05) is 42.9 Å². The van der Waals surface area contributed by atoms with E-state index in [9.17, 15) is 4.79 Å². The van der Waals surface area contributed by atoms with Crippen molar-refractivity contribution in [3.63, 3.8) is 0 Å². The van der Waals surface area contributed by atoms with Gasteiger partial charge in [-0.2, -0.15) is 0 Å². The first-order chi connectivity index (χ1) is 15.1. The van der Waals surface area contributed by atoms with Crippen molar-refractivity contribution >= 4 is 17.4 Å². The number of ether oxygens (including phenoxy) is 1. The summed E-state index contributed by atoms with van der Waals surface area (Å²) in [4.78, 5) is 26.1. The summed E-state index contributed by atoms with van der Waals surface area (Å²) in [5, 5.41) is 3.09. The number of aryl methyl sites for hydroxylation is 2. The molecule has 1 aliphatic heterocycles. The van der Waals surface area contributed by atoms with Crippen LogP contribution in [-0.4, -0.2) is 59.6 Å². The van der Waals surface area contributed by atoms with E-state index in [-0.39, 0.29) is 12.0 Å². The third-order valence-corrected chi connectivity index (χ3v) is 6.26. The highest BCUT2D eigenvalue weighted by Gasteiger charge is 2.25. The van der Waals surface area contributed by atoms with Crippen molar-refractivity contribution < 1.29 is 9.53 Å². The van der Waals surface area contributed by atoms with Crippen LogP contribution in [0.15, 0.2) is 30.6 Å². The SMILES string of the molecule is Cc1cccc(C)c1NC(=O)CN1CCN(c2nccnc2OC2CCCCC2)CC1. The van der Waals surface area contributed by atoms with Crippen molar-refractivity contribution in [3.8, 4) is 5.88 Å².